The lowest BCUT2D eigenvalue weighted by Gasteiger charge is -2.41. The van der Waals surface area contributed by atoms with Crippen molar-refractivity contribution in [1.82, 2.24) is 0 Å². The van der Waals surface area contributed by atoms with Crippen LogP contribution in [0.25, 0.3) is 118 Å². The smallest absolute Gasteiger partial charge is 0.129 e. The van der Waals surface area contributed by atoms with Crippen molar-refractivity contribution in [1.29, 1.82) is 0 Å². The van der Waals surface area contributed by atoms with Gasteiger partial charge in [0.2, 0.25) is 0 Å². The Labute approximate surface area is 258 Å². The van der Waals surface area contributed by atoms with E-state index in [-0.39, 0.29) is 6.10 Å². The molecule has 0 saturated carbocycles. The molecule has 12 aromatic rings. The molecule has 5 aliphatic rings. The summed E-state index contributed by atoms with van der Waals surface area (Å²) in [7, 11) is 0. The molecule has 0 amide bonds. The zero-order valence-corrected chi connectivity index (χ0v) is 24.6. The molecule has 17 rings (SSSR count). The van der Waals surface area contributed by atoms with Gasteiger partial charge in [0.25, 0.3) is 0 Å². The van der Waals surface area contributed by atoms with Crippen LogP contribution in [0.1, 0.15) is 45.0 Å². The van der Waals surface area contributed by atoms with E-state index in [1.807, 2.05) is 0 Å². The predicted molar refractivity (Wildman–Crippen MR) is 185 cm³/mol. The summed E-state index contributed by atoms with van der Waals surface area (Å²) in [6, 6.07) is 12.9. The quantitative estimate of drug-likeness (QED) is 0.166. The van der Waals surface area contributed by atoms with E-state index in [4.69, 9.17) is 14.2 Å². The summed E-state index contributed by atoms with van der Waals surface area (Å²) < 4.78 is 20.3. The predicted octanol–water partition coefficient (Wildman–Crippen LogP) is 9.55. The minimum atomic E-state index is -0.544. The molecule has 0 radical (unpaired) electrons. The molecular formula is C43H20O3. The number of ether oxygens (including phenoxy) is 3. The van der Waals surface area contributed by atoms with Crippen LogP contribution in [0.2, 0.25) is 0 Å². The molecule has 0 N–H and O–H groups in total. The summed E-state index contributed by atoms with van der Waals surface area (Å²) in [5.41, 5.74) is 9.81. The fourth-order valence-corrected chi connectivity index (χ4v) is 13.5. The van der Waals surface area contributed by atoms with Gasteiger partial charge in [-0.1, -0.05) is 30.3 Å². The molecular weight excluding hydrogens is 564 g/mol. The standard InChI is InChI=1S/C43H20O3/c1-3-45-42-20-11-18-9-15-7-16-6-13-5-14-8-17-10-19-12-43(42,46-4-2-44-1)41-27(19)32-26(17)31-22(14)21(13)29-25(16)30-23(15)24(18)33-28(20)40(41)39-37(32)35(31)34(29)36(30)38(33)39/h6-8,10-11,42H,1-5,9,12H2. The molecule has 1 spiro atoms. The summed E-state index contributed by atoms with van der Waals surface area (Å²) in [4.78, 5) is 0. The van der Waals surface area contributed by atoms with Gasteiger partial charge >= 0.3 is 0 Å². The molecule has 2 unspecified atom stereocenters. The average molecular weight is 585 g/mol. The third kappa shape index (κ3) is 1.53. The normalized spacial score (nSPS) is 24.0. The van der Waals surface area contributed by atoms with Gasteiger partial charge in [0, 0.05) is 12.0 Å². The molecule has 46 heavy (non-hydrogen) atoms. The van der Waals surface area contributed by atoms with Crippen molar-refractivity contribution in [2.24, 2.45) is 0 Å². The second-order valence-corrected chi connectivity index (χ2v) is 15.7. The van der Waals surface area contributed by atoms with Crippen molar-refractivity contribution < 1.29 is 14.2 Å². The number of hydrogen-bond acceptors (Lipinski definition) is 3. The molecule has 1 heterocycles. The molecule has 210 valence electrons. The first-order chi connectivity index (χ1) is 22.8. The fourth-order valence-electron chi connectivity index (χ4n) is 13.5. The van der Waals surface area contributed by atoms with Gasteiger partial charge in [0.05, 0.1) is 26.4 Å². The minimum absolute atomic E-state index is 0.156. The maximum atomic E-state index is 7.27. The van der Waals surface area contributed by atoms with E-state index in [2.05, 4.69) is 30.3 Å². The highest BCUT2D eigenvalue weighted by atomic mass is 16.6. The van der Waals surface area contributed by atoms with Crippen molar-refractivity contribution in [3.63, 3.8) is 0 Å². The SMILES string of the molecule is c1c2c3c4c5c6c(cc7cc8c9c%10c(cc%11cc%12c%13c(c1C%12)c3c1c4c3c6c7c9c3c3c%10c%11c%13c13)C8)CC51OCCOCCOC21. The van der Waals surface area contributed by atoms with Gasteiger partial charge in [-0.25, -0.2) is 0 Å². The Morgan fingerprint density at radius 3 is 1.59 bits per heavy atom. The van der Waals surface area contributed by atoms with Crippen molar-refractivity contribution in [3.8, 4) is 0 Å². The zero-order valence-electron chi connectivity index (χ0n) is 24.6. The topological polar surface area (TPSA) is 27.7 Å². The van der Waals surface area contributed by atoms with Gasteiger partial charge in [-0.2, -0.15) is 0 Å². The number of fused-ring (bicyclic) bond motifs is 1. The first-order valence-corrected chi connectivity index (χ1v) is 17.2. The van der Waals surface area contributed by atoms with E-state index >= 15 is 0 Å². The van der Waals surface area contributed by atoms with Crippen LogP contribution in [-0.4, -0.2) is 26.4 Å². The van der Waals surface area contributed by atoms with Crippen molar-refractivity contribution in [2.45, 2.75) is 31.0 Å². The highest BCUT2D eigenvalue weighted by molar-refractivity contribution is 6.65. The average Bonchev–Trinajstić information content (AvgIpc) is 3.87. The summed E-state index contributed by atoms with van der Waals surface area (Å²) in [5, 5.41) is 33.7. The fraction of sp³-hybridized carbons (Fsp3) is 0.209. The van der Waals surface area contributed by atoms with Gasteiger partial charge in [-0.15, -0.1) is 0 Å². The van der Waals surface area contributed by atoms with Gasteiger partial charge < -0.3 is 14.2 Å². The first-order valence-electron chi connectivity index (χ1n) is 17.2. The molecule has 4 aliphatic carbocycles. The lowest BCUT2D eigenvalue weighted by molar-refractivity contribution is -0.146. The van der Waals surface area contributed by atoms with Gasteiger partial charge in [0.15, 0.2) is 0 Å². The van der Waals surface area contributed by atoms with Crippen LogP contribution in [0, 0.1) is 0 Å². The van der Waals surface area contributed by atoms with Crippen LogP contribution in [0.5, 0.6) is 0 Å². The zero-order chi connectivity index (χ0) is 28.4. The van der Waals surface area contributed by atoms with Crippen molar-refractivity contribution >= 4 is 118 Å². The summed E-state index contributed by atoms with van der Waals surface area (Å²) in [6.07, 6.45) is 2.75. The molecule has 3 heteroatoms. The summed E-state index contributed by atoms with van der Waals surface area (Å²) in [5.74, 6) is 0. The van der Waals surface area contributed by atoms with Crippen molar-refractivity contribution in [2.75, 3.05) is 26.4 Å². The maximum Gasteiger partial charge on any atom is 0.129 e. The first kappa shape index (κ1) is 20.6. The summed E-state index contributed by atoms with van der Waals surface area (Å²) >= 11 is 0. The van der Waals surface area contributed by atoms with E-state index in [9.17, 15) is 0 Å². The van der Waals surface area contributed by atoms with E-state index < -0.39 is 5.60 Å². The van der Waals surface area contributed by atoms with Crippen LogP contribution in [0.15, 0.2) is 30.3 Å². The molecule has 1 fully saturated rings. The van der Waals surface area contributed by atoms with Gasteiger partial charge in [-0.3, -0.25) is 0 Å². The van der Waals surface area contributed by atoms with Crippen LogP contribution in [0.4, 0.5) is 0 Å². The maximum absolute atomic E-state index is 7.27. The molecule has 1 saturated heterocycles. The third-order valence-electron chi connectivity index (χ3n) is 14.3. The Kier molecular flexibility index (Phi) is 2.48. The van der Waals surface area contributed by atoms with E-state index in [1.54, 1.807) is 70.2 Å². The Balaban J connectivity index is 1.35. The third-order valence-corrected chi connectivity index (χ3v) is 14.3. The molecule has 0 bridgehead atoms. The molecule has 2 atom stereocenters. The van der Waals surface area contributed by atoms with Crippen LogP contribution >= 0.6 is 0 Å². The van der Waals surface area contributed by atoms with Crippen LogP contribution < -0.4 is 0 Å². The molecule has 3 nitrogen and oxygen atoms in total. The molecule has 1 aliphatic heterocycles. The van der Waals surface area contributed by atoms with Crippen molar-refractivity contribution in [3.05, 3.63) is 69.3 Å². The van der Waals surface area contributed by atoms with E-state index in [1.165, 1.54) is 87.2 Å². The van der Waals surface area contributed by atoms with Gasteiger partial charge in [0.1, 0.15) is 11.7 Å². The van der Waals surface area contributed by atoms with E-state index in [0.717, 1.165) is 19.3 Å². The van der Waals surface area contributed by atoms with Gasteiger partial charge in [-0.05, 0) is 165 Å². The monoisotopic (exact) mass is 584 g/mol. The molecule has 0 aromatic heterocycles. The highest BCUT2D eigenvalue weighted by Gasteiger charge is 2.55. The number of rotatable bonds is 0. The second-order valence-electron chi connectivity index (χ2n) is 15.7. The second kappa shape index (κ2) is 5.56. The Morgan fingerprint density at radius 1 is 0.435 bits per heavy atom. The Bertz CT molecular complexity index is 3480. The van der Waals surface area contributed by atoms with Crippen LogP contribution in [-0.2, 0) is 39.1 Å². The highest BCUT2D eigenvalue weighted by Crippen LogP contribution is 2.70. The Morgan fingerprint density at radius 2 is 0.935 bits per heavy atom. The lowest BCUT2D eigenvalue weighted by Crippen LogP contribution is -2.40. The Hall–Kier alpha value is -4.54. The largest absolute Gasteiger partial charge is 0.377 e. The van der Waals surface area contributed by atoms with Crippen LogP contribution in [0.3, 0.4) is 0 Å². The summed E-state index contributed by atoms with van der Waals surface area (Å²) in [6.45, 7) is 2.40. The molecule has 12 aromatic carbocycles. The minimum Gasteiger partial charge on any atom is -0.377 e. The number of hydrogen-bond donors (Lipinski definition) is 0. The lowest BCUT2D eigenvalue weighted by atomic mass is 9.76. The number of benzene rings is 9. The van der Waals surface area contributed by atoms with E-state index in [0.29, 0.717) is 26.4 Å².